The number of benzene rings is 1. The summed E-state index contributed by atoms with van der Waals surface area (Å²) in [6.07, 6.45) is 3.99. The first-order chi connectivity index (χ1) is 10.4. The molecule has 1 saturated carbocycles. The molecule has 5 nitrogen and oxygen atoms in total. The number of nitrogens with two attached hydrogens (primary N) is 1. The topological polar surface area (TPSA) is 72.9 Å². The van der Waals surface area contributed by atoms with E-state index in [0.717, 1.165) is 29.0 Å². The van der Waals surface area contributed by atoms with Crippen molar-refractivity contribution in [3.05, 3.63) is 24.0 Å². The van der Waals surface area contributed by atoms with Crippen molar-refractivity contribution in [3.63, 3.8) is 0 Å². The highest BCUT2D eigenvalue weighted by atomic mass is 35.5. The number of nitrogens with zero attached hydrogens (tertiary/aromatic N) is 2. The number of aryl methyl sites for hydroxylation is 1. The standard InChI is InChI=1S/C17H24N4O.ClH/c1-4-9-17(2,18)16(22)19-12-7-8-14-13(10-12)20-15(21(14)3)11-5-6-11;/h7-8,10-11H,4-6,9,18H2,1-3H3,(H,19,22);1H. The summed E-state index contributed by atoms with van der Waals surface area (Å²) in [5, 5.41) is 2.92. The molecule has 1 aromatic heterocycles. The number of halogens is 1. The Bertz CT molecular complexity index is 719. The van der Waals surface area contributed by atoms with Gasteiger partial charge < -0.3 is 15.6 Å². The lowest BCUT2D eigenvalue weighted by atomic mass is 9.96. The minimum atomic E-state index is -0.840. The number of amides is 1. The van der Waals surface area contributed by atoms with Gasteiger partial charge in [-0.1, -0.05) is 13.3 Å². The largest absolute Gasteiger partial charge is 0.331 e. The normalized spacial score (nSPS) is 16.7. The molecule has 126 valence electrons. The molecule has 1 heterocycles. The number of carbonyl (C=O) groups is 1. The van der Waals surface area contributed by atoms with Crippen LogP contribution in [0.25, 0.3) is 11.0 Å². The van der Waals surface area contributed by atoms with Gasteiger partial charge in [0.2, 0.25) is 5.91 Å². The second-order valence-electron chi connectivity index (χ2n) is 6.63. The van der Waals surface area contributed by atoms with Crippen LogP contribution >= 0.6 is 12.4 Å². The van der Waals surface area contributed by atoms with Gasteiger partial charge in [0.25, 0.3) is 0 Å². The van der Waals surface area contributed by atoms with Crippen LogP contribution in [0.3, 0.4) is 0 Å². The van der Waals surface area contributed by atoms with Gasteiger partial charge in [-0.3, -0.25) is 4.79 Å². The molecular weight excluding hydrogens is 312 g/mol. The Morgan fingerprint density at radius 1 is 1.48 bits per heavy atom. The summed E-state index contributed by atoms with van der Waals surface area (Å²) in [5.74, 6) is 1.60. The third-order valence-corrected chi connectivity index (χ3v) is 4.40. The van der Waals surface area contributed by atoms with Crippen LogP contribution in [0.2, 0.25) is 0 Å². The van der Waals surface area contributed by atoms with E-state index in [2.05, 4.69) is 16.9 Å². The number of carbonyl (C=O) groups excluding carboxylic acids is 1. The Balaban J connectivity index is 0.00000192. The molecular formula is C17H25ClN4O. The van der Waals surface area contributed by atoms with Gasteiger partial charge in [0.15, 0.2) is 0 Å². The van der Waals surface area contributed by atoms with Gasteiger partial charge in [0.05, 0.1) is 16.6 Å². The predicted octanol–water partition coefficient (Wildman–Crippen LogP) is 3.33. The molecule has 6 heteroatoms. The van der Waals surface area contributed by atoms with Crippen molar-refractivity contribution < 1.29 is 4.79 Å². The lowest BCUT2D eigenvalue weighted by Gasteiger charge is -2.22. The van der Waals surface area contributed by atoms with E-state index in [4.69, 9.17) is 10.7 Å². The number of nitrogens with one attached hydrogen (secondary N) is 1. The number of anilines is 1. The first kappa shape index (κ1) is 17.8. The highest BCUT2D eigenvalue weighted by Gasteiger charge is 2.29. The average Bonchev–Trinajstić information content (AvgIpc) is 3.24. The molecule has 0 spiro atoms. The van der Waals surface area contributed by atoms with Gasteiger partial charge in [0, 0.05) is 18.7 Å². The van der Waals surface area contributed by atoms with E-state index in [-0.39, 0.29) is 18.3 Å². The zero-order valence-electron chi connectivity index (χ0n) is 13.9. The summed E-state index contributed by atoms with van der Waals surface area (Å²) < 4.78 is 2.16. The lowest BCUT2D eigenvalue weighted by Crippen LogP contribution is -2.48. The van der Waals surface area contributed by atoms with Crippen LogP contribution in [0, 0.1) is 0 Å². The maximum atomic E-state index is 12.3. The first-order valence-electron chi connectivity index (χ1n) is 7.99. The molecule has 1 aliphatic rings. The molecule has 1 aliphatic carbocycles. The van der Waals surface area contributed by atoms with Crippen molar-refractivity contribution in [1.29, 1.82) is 0 Å². The van der Waals surface area contributed by atoms with Gasteiger partial charge in [-0.25, -0.2) is 4.98 Å². The molecule has 1 aromatic carbocycles. The summed E-state index contributed by atoms with van der Waals surface area (Å²) >= 11 is 0. The Morgan fingerprint density at radius 3 is 2.78 bits per heavy atom. The SMILES string of the molecule is CCCC(C)(N)C(=O)Nc1ccc2c(c1)nc(C1CC1)n2C.Cl. The van der Waals surface area contributed by atoms with Gasteiger partial charge >= 0.3 is 0 Å². The fraction of sp³-hybridized carbons (Fsp3) is 0.529. The molecule has 1 fully saturated rings. The Hall–Kier alpha value is -1.59. The minimum absolute atomic E-state index is 0. The van der Waals surface area contributed by atoms with Gasteiger partial charge in [-0.2, -0.15) is 0 Å². The second kappa shape index (κ2) is 6.49. The summed E-state index contributed by atoms with van der Waals surface area (Å²) in [6.45, 7) is 3.80. The van der Waals surface area contributed by atoms with E-state index in [9.17, 15) is 4.79 Å². The van der Waals surface area contributed by atoms with Crippen LogP contribution in [0.1, 0.15) is 51.3 Å². The van der Waals surface area contributed by atoms with E-state index < -0.39 is 5.54 Å². The molecule has 3 N–H and O–H groups in total. The molecule has 0 radical (unpaired) electrons. The Labute approximate surface area is 143 Å². The molecule has 23 heavy (non-hydrogen) atoms. The summed E-state index contributed by atoms with van der Waals surface area (Å²) in [4.78, 5) is 17.0. The fourth-order valence-electron chi connectivity index (χ4n) is 2.91. The molecule has 2 aromatic rings. The number of rotatable bonds is 5. The minimum Gasteiger partial charge on any atom is -0.331 e. The maximum absolute atomic E-state index is 12.3. The van der Waals surface area contributed by atoms with Crippen molar-refractivity contribution in [3.8, 4) is 0 Å². The number of hydrogen-bond donors (Lipinski definition) is 2. The van der Waals surface area contributed by atoms with E-state index >= 15 is 0 Å². The third-order valence-electron chi connectivity index (χ3n) is 4.40. The molecule has 0 bridgehead atoms. The van der Waals surface area contributed by atoms with E-state index in [0.29, 0.717) is 12.3 Å². The number of hydrogen-bond acceptors (Lipinski definition) is 3. The first-order valence-corrected chi connectivity index (χ1v) is 7.99. The predicted molar refractivity (Wildman–Crippen MR) is 96.1 cm³/mol. The zero-order valence-corrected chi connectivity index (χ0v) is 14.7. The zero-order chi connectivity index (χ0) is 15.9. The van der Waals surface area contributed by atoms with Gasteiger partial charge in [-0.15, -0.1) is 12.4 Å². The van der Waals surface area contributed by atoms with Crippen molar-refractivity contribution in [1.82, 2.24) is 9.55 Å². The van der Waals surface area contributed by atoms with Gasteiger partial charge in [0.1, 0.15) is 5.82 Å². The quantitative estimate of drug-likeness (QED) is 0.879. The number of imidazole rings is 1. The molecule has 1 amide bonds. The van der Waals surface area contributed by atoms with E-state index in [1.807, 2.05) is 25.1 Å². The number of fused-ring (bicyclic) bond motifs is 1. The highest BCUT2D eigenvalue weighted by Crippen LogP contribution is 2.40. The van der Waals surface area contributed by atoms with Crippen molar-refractivity contribution in [2.45, 2.75) is 51.0 Å². The van der Waals surface area contributed by atoms with Gasteiger partial charge in [-0.05, 0) is 44.4 Å². The average molecular weight is 337 g/mol. The molecule has 0 aliphatic heterocycles. The van der Waals surface area contributed by atoms with Crippen molar-refractivity contribution >= 4 is 35.0 Å². The van der Waals surface area contributed by atoms with Crippen LogP contribution in [0.4, 0.5) is 5.69 Å². The van der Waals surface area contributed by atoms with Crippen LogP contribution in [0.5, 0.6) is 0 Å². The van der Waals surface area contributed by atoms with Crippen LogP contribution in [0.15, 0.2) is 18.2 Å². The summed E-state index contributed by atoms with van der Waals surface area (Å²) in [7, 11) is 2.06. The molecule has 3 rings (SSSR count). The molecule has 1 atom stereocenters. The Morgan fingerprint density at radius 2 is 2.17 bits per heavy atom. The Kier molecular flexibility index (Phi) is 5.01. The lowest BCUT2D eigenvalue weighted by molar-refractivity contribution is -0.120. The van der Waals surface area contributed by atoms with Crippen LogP contribution < -0.4 is 11.1 Å². The van der Waals surface area contributed by atoms with Crippen molar-refractivity contribution in [2.24, 2.45) is 12.8 Å². The van der Waals surface area contributed by atoms with Crippen LogP contribution in [-0.4, -0.2) is 21.0 Å². The fourth-order valence-corrected chi connectivity index (χ4v) is 2.91. The maximum Gasteiger partial charge on any atom is 0.244 e. The monoisotopic (exact) mass is 336 g/mol. The van der Waals surface area contributed by atoms with Crippen molar-refractivity contribution in [2.75, 3.05) is 5.32 Å². The summed E-state index contributed by atoms with van der Waals surface area (Å²) in [6, 6.07) is 5.86. The number of aromatic nitrogens is 2. The summed E-state index contributed by atoms with van der Waals surface area (Å²) in [5.41, 5.74) is 8.02. The molecule has 0 saturated heterocycles. The van der Waals surface area contributed by atoms with E-state index in [1.165, 1.54) is 12.8 Å². The van der Waals surface area contributed by atoms with E-state index in [1.54, 1.807) is 6.92 Å². The highest BCUT2D eigenvalue weighted by molar-refractivity contribution is 5.98. The second-order valence-corrected chi connectivity index (χ2v) is 6.63. The third kappa shape index (κ3) is 3.51. The molecule has 1 unspecified atom stereocenters. The van der Waals surface area contributed by atoms with Crippen LogP contribution in [-0.2, 0) is 11.8 Å². The smallest absolute Gasteiger partial charge is 0.244 e.